The molecule has 0 spiro atoms. The molecule has 0 atom stereocenters. The van der Waals surface area contributed by atoms with Crippen LogP contribution in [0.3, 0.4) is 0 Å². The SMILES string of the molecule is CC(C)c1ccccc1NC(=O)COC(=O)c1ccc(Br)cc1. The van der Waals surface area contributed by atoms with E-state index in [1.54, 1.807) is 24.3 Å². The number of amides is 1. The van der Waals surface area contributed by atoms with Gasteiger partial charge in [-0.05, 0) is 41.8 Å². The van der Waals surface area contributed by atoms with E-state index in [4.69, 9.17) is 4.74 Å². The van der Waals surface area contributed by atoms with Crippen molar-refractivity contribution in [1.82, 2.24) is 0 Å². The number of hydrogen-bond acceptors (Lipinski definition) is 3. The lowest BCUT2D eigenvalue weighted by Gasteiger charge is -2.13. The van der Waals surface area contributed by atoms with E-state index in [1.807, 2.05) is 24.3 Å². The second-order valence-corrected chi connectivity index (χ2v) is 6.29. The quantitative estimate of drug-likeness (QED) is 0.789. The molecular formula is C18H18BrNO3. The summed E-state index contributed by atoms with van der Waals surface area (Å²) in [6, 6.07) is 14.4. The molecule has 2 aromatic carbocycles. The second-order valence-electron chi connectivity index (χ2n) is 5.37. The molecular weight excluding hydrogens is 358 g/mol. The molecule has 0 radical (unpaired) electrons. The van der Waals surface area contributed by atoms with Crippen LogP contribution in [0.5, 0.6) is 0 Å². The number of hydrogen-bond donors (Lipinski definition) is 1. The van der Waals surface area contributed by atoms with Gasteiger partial charge in [0.2, 0.25) is 0 Å². The molecule has 0 heterocycles. The van der Waals surface area contributed by atoms with E-state index in [0.717, 1.165) is 15.7 Å². The zero-order valence-electron chi connectivity index (χ0n) is 13.0. The van der Waals surface area contributed by atoms with Crippen molar-refractivity contribution in [2.24, 2.45) is 0 Å². The first-order valence-corrected chi connectivity index (χ1v) is 8.08. The van der Waals surface area contributed by atoms with Gasteiger partial charge in [0.05, 0.1) is 5.56 Å². The average molecular weight is 376 g/mol. The number of rotatable bonds is 5. The maximum atomic E-state index is 12.0. The molecule has 0 unspecified atom stereocenters. The summed E-state index contributed by atoms with van der Waals surface area (Å²) in [5.41, 5.74) is 2.19. The number of halogens is 1. The summed E-state index contributed by atoms with van der Waals surface area (Å²) in [5.74, 6) is -0.592. The highest BCUT2D eigenvalue weighted by Crippen LogP contribution is 2.23. The summed E-state index contributed by atoms with van der Waals surface area (Å²) in [7, 11) is 0. The zero-order chi connectivity index (χ0) is 16.8. The van der Waals surface area contributed by atoms with Gasteiger partial charge in [-0.25, -0.2) is 4.79 Å². The fourth-order valence-corrected chi connectivity index (χ4v) is 2.37. The maximum Gasteiger partial charge on any atom is 0.338 e. The third-order valence-corrected chi connectivity index (χ3v) is 3.80. The van der Waals surface area contributed by atoms with Gasteiger partial charge in [0.25, 0.3) is 5.91 Å². The van der Waals surface area contributed by atoms with Crippen LogP contribution in [-0.2, 0) is 9.53 Å². The number of anilines is 1. The molecule has 0 bridgehead atoms. The van der Waals surface area contributed by atoms with Crippen molar-refractivity contribution in [3.8, 4) is 0 Å². The van der Waals surface area contributed by atoms with Crippen LogP contribution in [0.15, 0.2) is 53.0 Å². The second kappa shape index (κ2) is 7.92. The number of ether oxygens (including phenoxy) is 1. The third kappa shape index (κ3) is 4.93. The lowest BCUT2D eigenvalue weighted by atomic mass is 10.0. The van der Waals surface area contributed by atoms with Gasteiger partial charge in [0, 0.05) is 10.2 Å². The highest BCUT2D eigenvalue weighted by Gasteiger charge is 2.12. The van der Waals surface area contributed by atoms with Crippen LogP contribution in [0.4, 0.5) is 5.69 Å². The molecule has 2 rings (SSSR count). The Kier molecular flexibility index (Phi) is 5.93. The van der Waals surface area contributed by atoms with E-state index in [9.17, 15) is 9.59 Å². The van der Waals surface area contributed by atoms with E-state index in [0.29, 0.717) is 5.56 Å². The Balaban J connectivity index is 1.93. The largest absolute Gasteiger partial charge is 0.452 e. The number of para-hydroxylation sites is 1. The molecule has 1 amide bonds. The first kappa shape index (κ1) is 17.2. The molecule has 0 aliphatic rings. The molecule has 4 nitrogen and oxygen atoms in total. The van der Waals surface area contributed by atoms with E-state index in [2.05, 4.69) is 35.1 Å². The average Bonchev–Trinajstić information content (AvgIpc) is 2.53. The monoisotopic (exact) mass is 375 g/mol. The van der Waals surface area contributed by atoms with E-state index in [-0.39, 0.29) is 18.4 Å². The van der Waals surface area contributed by atoms with E-state index < -0.39 is 5.97 Å². The molecule has 23 heavy (non-hydrogen) atoms. The summed E-state index contributed by atoms with van der Waals surface area (Å²) in [6.07, 6.45) is 0. The number of carbonyl (C=O) groups excluding carboxylic acids is 2. The van der Waals surface area contributed by atoms with E-state index in [1.165, 1.54) is 0 Å². The first-order chi connectivity index (χ1) is 11.0. The van der Waals surface area contributed by atoms with Gasteiger partial charge in [-0.3, -0.25) is 4.79 Å². The number of carbonyl (C=O) groups is 2. The van der Waals surface area contributed by atoms with Gasteiger partial charge in [-0.1, -0.05) is 48.0 Å². The molecule has 1 N–H and O–H groups in total. The molecule has 0 saturated carbocycles. The molecule has 0 fully saturated rings. The Hall–Kier alpha value is -2.14. The lowest BCUT2D eigenvalue weighted by Crippen LogP contribution is -2.21. The van der Waals surface area contributed by atoms with Crippen LogP contribution in [-0.4, -0.2) is 18.5 Å². The Bertz CT molecular complexity index is 696. The molecule has 0 aliphatic carbocycles. The number of esters is 1. The zero-order valence-corrected chi connectivity index (χ0v) is 14.6. The van der Waals surface area contributed by atoms with Crippen molar-refractivity contribution < 1.29 is 14.3 Å². The fraction of sp³-hybridized carbons (Fsp3) is 0.222. The Labute approximate surface area is 144 Å². The van der Waals surface area contributed by atoms with Crippen molar-refractivity contribution in [2.75, 3.05) is 11.9 Å². The topological polar surface area (TPSA) is 55.4 Å². The smallest absolute Gasteiger partial charge is 0.338 e. The molecule has 0 aliphatic heterocycles. The minimum atomic E-state index is -0.523. The van der Waals surface area contributed by atoms with Crippen LogP contribution >= 0.6 is 15.9 Å². The van der Waals surface area contributed by atoms with Crippen LogP contribution in [0.1, 0.15) is 35.7 Å². The predicted molar refractivity (Wildman–Crippen MR) is 93.6 cm³/mol. The van der Waals surface area contributed by atoms with Crippen LogP contribution in [0, 0.1) is 0 Å². The van der Waals surface area contributed by atoms with Gasteiger partial charge in [0.15, 0.2) is 6.61 Å². The molecule has 120 valence electrons. The van der Waals surface area contributed by atoms with Gasteiger partial charge < -0.3 is 10.1 Å². The summed E-state index contributed by atoms with van der Waals surface area (Å²) in [4.78, 5) is 23.9. The van der Waals surface area contributed by atoms with Crippen molar-refractivity contribution >= 4 is 33.5 Å². The van der Waals surface area contributed by atoms with Gasteiger partial charge in [0.1, 0.15) is 0 Å². The molecule has 0 saturated heterocycles. The molecule has 5 heteroatoms. The Morgan fingerprint density at radius 2 is 1.74 bits per heavy atom. The normalized spacial score (nSPS) is 10.4. The summed E-state index contributed by atoms with van der Waals surface area (Å²) < 4.78 is 5.91. The number of benzene rings is 2. The van der Waals surface area contributed by atoms with E-state index >= 15 is 0 Å². The fourth-order valence-electron chi connectivity index (χ4n) is 2.10. The van der Waals surface area contributed by atoms with Crippen LogP contribution in [0.2, 0.25) is 0 Å². The van der Waals surface area contributed by atoms with Crippen molar-refractivity contribution in [2.45, 2.75) is 19.8 Å². The number of nitrogens with one attached hydrogen (secondary N) is 1. The highest BCUT2D eigenvalue weighted by atomic mass is 79.9. The van der Waals surface area contributed by atoms with Gasteiger partial charge in [-0.15, -0.1) is 0 Å². The summed E-state index contributed by atoms with van der Waals surface area (Å²) in [5, 5.41) is 2.78. The van der Waals surface area contributed by atoms with Crippen molar-refractivity contribution in [3.05, 3.63) is 64.1 Å². The maximum absolute atomic E-state index is 12.0. The Morgan fingerprint density at radius 3 is 2.39 bits per heavy atom. The Morgan fingerprint density at radius 1 is 1.09 bits per heavy atom. The molecule has 2 aromatic rings. The van der Waals surface area contributed by atoms with Crippen LogP contribution < -0.4 is 5.32 Å². The minimum Gasteiger partial charge on any atom is -0.452 e. The van der Waals surface area contributed by atoms with Crippen molar-refractivity contribution in [3.63, 3.8) is 0 Å². The highest BCUT2D eigenvalue weighted by molar-refractivity contribution is 9.10. The minimum absolute atomic E-state index is 0.289. The van der Waals surface area contributed by atoms with Gasteiger partial charge >= 0.3 is 5.97 Å². The first-order valence-electron chi connectivity index (χ1n) is 7.29. The third-order valence-electron chi connectivity index (χ3n) is 3.27. The van der Waals surface area contributed by atoms with Gasteiger partial charge in [-0.2, -0.15) is 0 Å². The standard InChI is InChI=1S/C18H18BrNO3/c1-12(2)15-5-3-4-6-16(15)20-17(21)11-23-18(22)13-7-9-14(19)10-8-13/h3-10,12H,11H2,1-2H3,(H,20,21). The lowest BCUT2D eigenvalue weighted by molar-refractivity contribution is -0.119. The molecule has 0 aromatic heterocycles. The summed E-state index contributed by atoms with van der Waals surface area (Å²) >= 11 is 3.30. The van der Waals surface area contributed by atoms with Crippen LogP contribution in [0.25, 0.3) is 0 Å². The van der Waals surface area contributed by atoms with Crippen molar-refractivity contribution in [1.29, 1.82) is 0 Å². The predicted octanol–water partition coefficient (Wildman–Crippen LogP) is 4.37. The summed E-state index contributed by atoms with van der Waals surface area (Å²) in [6.45, 7) is 3.79.